The molecule has 120 valence electrons. The number of pyridine rings is 1. The summed E-state index contributed by atoms with van der Waals surface area (Å²) in [5.41, 5.74) is 0.680. The molecule has 1 fully saturated rings. The highest BCUT2D eigenvalue weighted by Crippen LogP contribution is 2.34. The zero-order valence-corrected chi connectivity index (χ0v) is 13.0. The van der Waals surface area contributed by atoms with E-state index in [1.54, 1.807) is 12.1 Å². The van der Waals surface area contributed by atoms with Gasteiger partial charge in [-0.3, -0.25) is 19.3 Å². The number of hydrogen-bond acceptors (Lipinski definition) is 5. The highest BCUT2D eigenvalue weighted by molar-refractivity contribution is 6.29. The zero-order chi connectivity index (χ0) is 16.4. The predicted molar refractivity (Wildman–Crippen MR) is 81.1 cm³/mol. The first-order chi connectivity index (χ1) is 11.1. The van der Waals surface area contributed by atoms with Crippen LogP contribution in [0.5, 0.6) is 0 Å². The minimum absolute atomic E-state index is 0.0215. The van der Waals surface area contributed by atoms with Gasteiger partial charge in [0.1, 0.15) is 18.3 Å². The Bertz CT molecular complexity index is 645. The third-order valence-corrected chi connectivity index (χ3v) is 4.30. The van der Waals surface area contributed by atoms with Crippen molar-refractivity contribution >= 4 is 29.4 Å². The largest absolute Gasteiger partial charge is 0.459 e. The van der Waals surface area contributed by atoms with E-state index in [2.05, 4.69) is 4.98 Å². The SMILES string of the molecule is O=C(CN1C(=O)C2CC=CCC2C1=O)OCc1ccc(Cl)nc1. The minimum atomic E-state index is -0.617. The van der Waals surface area contributed by atoms with Crippen LogP contribution in [0.4, 0.5) is 0 Å². The first kappa shape index (κ1) is 15.7. The molecule has 1 aliphatic carbocycles. The summed E-state index contributed by atoms with van der Waals surface area (Å²) in [6.45, 7) is -0.320. The number of hydrogen-bond donors (Lipinski definition) is 0. The maximum Gasteiger partial charge on any atom is 0.326 e. The molecule has 1 aromatic heterocycles. The van der Waals surface area contributed by atoms with E-state index >= 15 is 0 Å². The second-order valence-corrected chi connectivity index (χ2v) is 5.96. The van der Waals surface area contributed by atoms with E-state index in [0.717, 1.165) is 4.90 Å². The zero-order valence-electron chi connectivity index (χ0n) is 12.3. The molecule has 0 N–H and O–H groups in total. The Labute approximate surface area is 138 Å². The van der Waals surface area contributed by atoms with Crippen molar-refractivity contribution in [3.8, 4) is 0 Å². The Morgan fingerprint density at radius 2 is 1.87 bits per heavy atom. The number of imide groups is 1. The van der Waals surface area contributed by atoms with Crippen molar-refractivity contribution in [3.05, 3.63) is 41.2 Å². The van der Waals surface area contributed by atoms with E-state index in [1.165, 1.54) is 6.20 Å². The van der Waals surface area contributed by atoms with Crippen molar-refractivity contribution < 1.29 is 19.1 Å². The van der Waals surface area contributed by atoms with Gasteiger partial charge in [0.05, 0.1) is 11.8 Å². The fourth-order valence-electron chi connectivity index (χ4n) is 2.86. The topological polar surface area (TPSA) is 76.6 Å². The van der Waals surface area contributed by atoms with Crippen molar-refractivity contribution in [2.45, 2.75) is 19.4 Å². The molecule has 6 nitrogen and oxygen atoms in total. The van der Waals surface area contributed by atoms with Gasteiger partial charge in [0.15, 0.2) is 0 Å². The molecule has 23 heavy (non-hydrogen) atoms. The summed E-state index contributed by atoms with van der Waals surface area (Å²) >= 11 is 5.67. The van der Waals surface area contributed by atoms with Gasteiger partial charge >= 0.3 is 5.97 Å². The molecule has 2 aliphatic rings. The molecule has 2 unspecified atom stereocenters. The number of likely N-dealkylation sites (tertiary alicyclic amines) is 1. The van der Waals surface area contributed by atoms with Gasteiger partial charge in [0, 0.05) is 11.8 Å². The second-order valence-electron chi connectivity index (χ2n) is 5.57. The van der Waals surface area contributed by atoms with Crippen molar-refractivity contribution in [1.82, 2.24) is 9.88 Å². The van der Waals surface area contributed by atoms with Crippen molar-refractivity contribution in [2.24, 2.45) is 11.8 Å². The van der Waals surface area contributed by atoms with E-state index in [1.807, 2.05) is 12.2 Å². The molecule has 1 aliphatic heterocycles. The number of aromatic nitrogens is 1. The average molecular weight is 335 g/mol. The molecule has 0 aromatic carbocycles. The van der Waals surface area contributed by atoms with Gasteiger partial charge < -0.3 is 4.74 Å². The summed E-state index contributed by atoms with van der Waals surface area (Å²) in [6.07, 6.45) is 6.42. The molecule has 2 heterocycles. The van der Waals surface area contributed by atoms with E-state index < -0.39 is 5.97 Å². The van der Waals surface area contributed by atoms with Crippen LogP contribution in [-0.4, -0.2) is 34.2 Å². The van der Waals surface area contributed by atoms with Gasteiger partial charge in [-0.2, -0.15) is 0 Å². The van der Waals surface area contributed by atoms with Crippen LogP contribution in [0.2, 0.25) is 5.15 Å². The Kier molecular flexibility index (Phi) is 4.43. The van der Waals surface area contributed by atoms with Crippen molar-refractivity contribution in [2.75, 3.05) is 6.54 Å². The second kappa shape index (κ2) is 6.50. The summed E-state index contributed by atoms with van der Waals surface area (Å²) in [6, 6.07) is 3.28. The number of esters is 1. The fourth-order valence-corrected chi connectivity index (χ4v) is 2.97. The smallest absolute Gasteiger partial charge is 0.326 e. The molecule has 1 saturated heterocycles. The minimum Gasteiger partial charge on any atom is -0.459 e. The van der Waals surface area contributed by atoms with Crippen LogP contribution in [0.15, 0.2) is 30.5 Å². The van der Waals surface area contributed by atoms with Gasteiger partial charge in [0.2, 0.25) is 11.8 Å². The molecule has 3 rings (SSSR count). The lowest BCUT2D eigenvalue weighted by Gasteiger charge is -2.14. The van der Waals surface area contributed by atoms with Gasteiger partial charge in [-0.25, -0.2) is 4.98 Å². The van der Waals surface area contributed by atoms with Crippen LogP contribution in [0.25, 0.3) is 0 Å². The number of ether oxygens (including phenoxy) is 1. The monoisotopic (exact) mass is 334 g/mol. The molecule has 2 atom stereocenters. The summed E-state index contributed by atoms with van der Waals surface area (Å²) in [7, 11) is 0. The molecule has 0 spiro atoms. The van der Waals surface area contributed by atoms with Crippen LogP contribution in [0, 0.1) is 11.8 Å². The van der Waals surface area contributed by atoms with Crippen LogP contribution in [-0.2, 0) is 25.7 Å². The van der Waals surface area contributed by atoms with Crippen LogP contribution in [0.1, 0.15) is 18.4 Å². The lowest BCUT2D eigenvalue weighted by Crippen LogP contribution is -2.36. The molecular formula is C16H15ClN2O4. The lowest BCUT2D eigenvalue weighted by molar-refractivity contribution is -0.153. The number of allylic oxidation sites excluding steroid dienone is 2. The molecule has 0 radical (unpaired) electrons. The number of carbonyl (C=O) groups excluding carboxylic acids is 3. The normalized spacial score (nSPS) is 23.1. The van der Waals surface area contributed by atoms with E-state index in [4.69, 9.17) is 16.3 Å². The molecular weight excluding hydrogens is 320 g/mol. The Balaban J connectivity index is 1.56. The maximum atomic E-state index is 12.2. The van der Waals surface area contributed by atoms with E-state index in [0.29, 0.717) is 23.6 Å². The lowest BCUT2D eigenvalue weighted by atomic mass is 9.85. The number of rotatable bonds is 4. The number of halogens is 1. The summed E-state index contributed by atoms with van der Waals surface area (Å²) in [4.78, 5) is 41.3. The molecule has 0 saturated carbocycles. The molecule has 7 heteroatoms. The molecule has 0 bridgehead atoms. The number of amides is 2. The molecule has 1 aromatic rings. The quantitative estimate of drug-likeness (QED) is 0.363. The Morgan fingerprint density at radius 1 is 1.22 bits per heavy atom. The van der Waals surface area contributed by atoms with E-state index in [-0.39, 0.29) is 36.8 Å². The Morgan fingerprint density at radius 3 is 2.43 bits per heavy atom. The van der Waals surface area contributed by atoms with Crippen molar-refractivity contribution in [1.29, 1.82) is 0 Å². The summed E-state index contributed by atoms with van der Waals surface area (Å²) in [5, 5.41) is 0.351. The maximum absolute atomic E-state index is 12.2. The van der Waals surface area contributed by atoms with Crippen LogP contribution in [0.3, 0.4) is 0 Å². The summed E-state index contributed by atoms with van der Waals surface area (Å²) < 4.78 is 5.10. The van der Waals surface area contributed by atoms with Gasteiger partial charge in [-0.15, -0.1) is 0 Å². The molecule has 2 amide bonds. The van der Waals surface area contributed by atoms with Gasteiger partial charge in [-0.05, 0) is 18.9 Å². The third kappa shape index (κ3) is 3.27. The number of carbonyl (C=O) groups is 3. The van der Waals surface area contributed by atoms with Crippen molar-refractivity contribution in [3.63, 3.8) is 0 Å². The first-order valence-corrected chi connectivity index (χ1v) is 7.70. The number of fused-ring (bicyclic) bond motifs is 1. The van der Waals surface area contributed by atoms with Crippen LogP contribution >= 0.6 is 11.6 Å². The first-order valence-electron chi connectivity index (χ1n) is 7.32. The van der Waals surface area contributed by atoms with E-state index in [9.17, 15) is 14.4 Å². The van der Waals surface area contributed by atoms with Gasteiger partial charge in [-0.1, -0.05) is 29.8 Å². The van der Waals surface area contributed by atoms with Crippen LogP contribution < -0.4 is 0 Å². The predicted octanol–water partition coefficient (Wildman–Crippen LogP) is 1.73. The van der Waals surface area contributed by atoms with Gasteiger partial charge in [0.25, 0.3) is 0 Å². The Hall–Kier alpha value is -2.21. The highest BCUT2D eigenvalue weighted by Gasteiger charge is 2.47. The third-order valence-electron chi connectivity index (χ3n) is 4.07. The number of nitrogens with zero attached hydrogens (tertiary/aromatic N) is 2. The summed E-state index contributed by atoms with van der Waals surface area (Å²) in [5.74, 6) is -1.85. The fraction of sp³-hybridized carbons (Fsp3) is 0.375. The average Bonchev–Trinajstić information content (AvgIpc) is 2.80. The highest BCUT2D eigenvalue weighted by atomic mass is 35.5. The standard InChI is InChI=1S/C16H15ClN2O4/c17-13-6-5-10(7-18-13)9-23-14(20)8-19-15(21)11-3-1-2-4-12(11)16(19)22/h1-2,5-7,11-12H,3-4,8-9H2.